The molecule has 0 atom stereocenters. The minimum atomic E-state index is -3.45. The predicted octanol–water partition coefficient (Wildman–Crippen LogP) is 6.80. The predicted molar refractivity (Wildman–Crippen MR) is 129 cm³/mol. The number of sulfone groups is 1. The molecule has 1 aliphatic rings. The summed E-state index contributed by atoms with van der Waals surface area (Å²) in [5, 5.41) is 0. The van der Waals surface area contributed by atoms with Crippen LogP contribution >= 0.6 is 0 Å². The summed E-state index contributed by atoms with van der Waals surface area (Å²) < 4.78 is 52.6. The van der Waals surface area contributed by atoms with Crippen LogP contribution in [0, 0.1) is 17.0 Å². The number of hydrogen-bond acceptors (Lipinski definition) is 3. The van der Waals surface area contributed by atoms with Gasteiger partial charge in [-0.25, -0.2) is 17.2 Å². The largest absolute Gasteiger partial charge is 0.377 e. The van der Waals surface area contributed by atoms with Crippen molar-refractivity contribution in [3.63, 3.8) is 0 Å². The van der Waals surface area contributed by atoms with Crippen molar-refractivity contribution in [1.29, 1.82) is 0 Å². The molecule has 32 heavy (non-hydrogen) atoms. The Labute approximate surface area is 192 Å². The van der Waals surface area contributed by atoms with E-state index in [1.165, 1.54) is 24.3 Å². The molecule has 3 nitrogen and oxygen atoms in total. The van der Waals surface area contributed by atoms with Gasteiger partial charge in [0.1, 0.15) is 11.6 Å². The molecule has 0 spiro atoms. The Bertz CT molecular complexity index is 951. The number of benzene rings is 2. The zero-order valence-electron chi connectivity index (χ0n) is 19.8. The van der Waals surface area contributed by atoms with Crippen LogP contribution in [0.25, 0.3) is 0 Å². The molecule has 2 aromatic carbocycles. The number of fused-ring (bicyclic) bond motifs is 1. The van der Waals surface area contributed by atoms with Gasteiger partial charge in [-0.05, 0) is 60.9 Å². The second kappa shape index (κ2) is 11.8. The lowest BCUT2D eigenvalue weighted by molar-refractivity contribution is 0.240. The maximum absolute atomic E-state index is 14.1. The van der Waals surface area contributed by atoms with Crippen LogP contribution in [0.3, 0.4) is 0 Å². The van der Waals surface area contributed by atoms with Crippen LogP contribution in [0.4, 0.5) is 14.5 Å². The lowest BCUT2D eigenvalue weighted by atomic mass is 9.75. The van der Waals surface area contributed by atoms with Gasteiger partial charge in [-0.2, -0.15) is 0 Å². The highest BCUT2D eigenvalue weighted by Crippen LogP contribution is 2.44. The molecule has 3 rings (SSSR count). The van der Waals surface area contributed by atoms with Crippen LogP contribution < -0.4 is 4.90 Å². The number of rotatable bonds is 7. The minimum Gasteiger partial charge on any atom is -0.377 e. The Hall–Kier alpha value is -1.95. The molecule has 0 N–H and O–H groups in total. The molecule has 0 amide bonds. The summed E-state index contributed by atoms with van der Waals surface area (Å²) in [4.78, 5) is 2.07. The molecule has 0 saturated carbocycles. The van der Waals surface area contributed by atoms with Crippen LogP contribution in [0.2, 0.25) is 0 Å². The number of aryl methyl sites for hydroxylation is 1. The van der Waals surface area contributed by atoms with E-state index in [9.17, 15) is 17.2 Å². The van der Waals surface area contributed by atoms with Crippen molar-refractivity contribution in [2.45, 2.75) is 70.1 Å². The van der Waals surface area contributed by atoms with Gasteiger partial charge >= 0.3 is 0 Å². The summed E-state index contributed by atoms with van der Waals surface area (Å²) in [7, 11) is 0.102. The second-order valence-corrected chi connectivity index (χ2v) is 11.0. The molecule has 0 aromatic heterocycles. The van der Waals surface area contributed by atoms with Gasteiger partial charge < -0.3 is 4.90 Å². The first-order valence-electron chi connectivity index (χ1n) is 11.6. The summed E-state index contributed by atoms with van der Waals surface area (Å²) in [6.45, 7) is 4.29. The van der Waals surface area contributed by atoms with E-state index in [0.717, 1.165) is 44.9 Å². The molecule has 1 heterocycles. The van der Waals surface area contributed by atoms with E-state index in [0.29, 0.717) is 22.6 Å². The fraction of sp³-hybridized carbons (Fsp3) is 0.538. The van der Waals surface area contributed by atoms with E-state index in [-0.39, 0.29) is 22.8 Å². The third kappa shape index (κ3) is 7.03. The topological polar surface area (TPSA) is 37.4 Å². The molecule has 6 heteroatoms. The van der Waals surface area contributed by atoms with Crippen molar-refractivity contribution >= 4 is 15.5 Å². The Balaban J connectivity index is 0.000000439. The first-order valence-corrected chi connectivity index (χ1v) is 13.2. The van der Waals surface area contributed by atoms with Gasteiger partial charge in [0.25, 0.3) is 0 Å². The highest BCUT2D eigenvalue weighted by atomic mass is 32.2. The standard InChI is InChI=1S/C20H32FNO2S.C6H5F/c1-5-7-10-20(11-8-6-2)12-9-16-13-17(21)14-18(22(3)4)19(16)25(23,24)15-20;7-6-4-2-1-3-5-6/h13-14H,5-12,15H2,1-4H3;1-5H. The highest BCUT2D eigenvalue weighted by Gasteiger charge is 2.40. The fourth-order valence-corrected chi connectivity index (χ4v) is 7.00. The maximum atomic E-state index is 14.1. The van der Waals surface area contributed by atoms with Crippen molar-refractivity contribution in [3.8, 4) is 0 Å². The number of nitrogens with zero attached hydrogens (tertiary/aromatic N) is 1. The number of unbranched alkanes of at least 4 members (excludes halogenated alkanes) is 2. The summed E-state index contributed by atoms with van der Waals surface area (Å²) in [6.07, 6.45) is 7.58. The fourth-order valence-electron chi connectivity index (χ4n) is 4.50. The van der Waals surface area contributed by atoms with Crippen molar-refractivity contribution in [2.75, 3.05) is 24.7 Å². The van der Waals surface area contributed by atoms with E-state index in [1.54, 1.807) is 37.2 Å². The smallest absolute Gasteiger partial charge is 0.181 e. The molecule has 2 aromatic rings. The van der Waals surface area contributed by atoms with Crippen molar-refractivity contribution in [1.82, 2.24) is 0 Å². The minimum absolute atomic E-state index is 0.177. The summed E-state index contributed by atoms with van der Waals surface area (Å²) in [5.41, 5.74) is 0.958. The summed E-state index contributed by atoms with van der Waals surface area (Å²) in [5.74, 6) is -0.339. The monoisotopic (exact) mass is 465 g/mol. The second-order valence-electron chi connectivity index (χ2n) is 9.07. The zero-order valence-corrected chi connectivity index (χ0v) is 20.6. The maximum Gasteiger partial charge on any atom is 0.181 e. The normalized spacial score (nSPS) is 16.3. The van der Waals surface area contributed by atoms with Gasteiger partial charge in [0.05, 0.1) is 16.3 Å². The van der Waals surface area contributed by atoms with Crippen molar-refractivity contribution in [3.05, 3.63) is 59.7 Å². The molecule has 0 unspecified atom stereocenters. The van der Waals surface area contributed by atoms with Crippen molar-refractivity contribution in [2.24, 2.45) is 5.41 Å². The third-order valence-corrected chi connectivity index (χ3v) is 8.26. The first-order chi connectivity index (χ1) is 15.1. The van der Waals surface area contributed by atoms with Gasteiger partial charge in [0.15, 0.2) is 9.84 Å². The van der Waals surface area contributed by atoms with E-state index in [2.05, 4.69) is 13.8 Å². The van der Waals surface area contributed by atoms with Crippen LogP contribution in [-0.4, -0.2) is 28.3 Å². The molecule has 0 aliphatic carbocycles. The molecule has 0 radical (unpaired) electrons. The van der Waals surface area contributed by atoms with E-state index in [4.69, 9.17) is 0 Å². The molecule has 178 valence electrons. The Morgan fingerprint density at radius 2 is 1.53 bits per heavy atom. The molecular formula is C26H37F2NO2S. The number of halogens is 2. The van der Waals surface area contributed by atoms with Crippen molar-refractivity contribution < 1.29 is 17.2 Å². The van der Waals surface area contributed by atoms with Gasteiger partial charge in [0, 0.05) is 14.1 Å². The lowest BCUT2D eigenvalue weighted by Gasteiger charge is -2.32. The van der Waals surface area contributed by atoms with Crippen LogP contribution in [0.1, 0.15) is 64.4 Å². The third-order valence-electron chi connectivity index (χ3n) is 6.18. The van der Waals surface area contributed by atoms with Crippen LogP contribution in [0.5, 0.6) is 0 Å². The van der Waals surface area contributed by atoms with Gasteiger partial charge in [-0.15, -0.1) is 0 Å². The van der Waals surface area contributed by atoms with E-state index in [1.807, 2.05) is 0 Å². The highest BCUT2D eigenvalue weighted by molar-refractivity contribution is 7.91. The average molecular weight is 466 g/mol. The van der Waals surface area contributed by atoms with E-state index < -0.39 is 9.84 Å². The van der Waals surface area contributed by atoms with Crippen LogP contribution in [0.15, 0.2) is 47.4 Å². The zero-order chi connectivity index (χ0) is 23.8. The van der Waals surface area contributed by atoms with E-state index >= 15 is 0 Å². The Kier molecular flexibility index (Phi) is 9.68. The lowest BCUT2D eigenvalue weighted by Crippen LogP contribution is -2.30. The summed E-state index contributed by atoms with van der Waals surface area (Å²) in [6, 6.07) is 10.7. The number of anilines is 1. The molecule has 0 fully saturated rings. The summed E-state index contributed by atoms with van der Waals surface area (Å²) >= 11 is 0. The number of hydrogen-bond donors (Lipinski definition) is 0. The Morgan fingerprint density at radius 3 is 2.00 bits per heavy atom. The SMILES string of the molecule is CCCCC1(CCCC)CCc2cc(F)cc(N(C)C)c2S(=O)(=O)C1.Fc1ccccc1. The van der Waals surface area contributed by atoms with Gasteiger partial charge in [-0.1, -0.05) is 57.7 Å². The molecule has 0 saturated heterocycles. The average Bonchev–Trinajstić information content (AvgIpc) is 2.85. The first kappa shape index (κ1) is 26.3. The van der Waals surface area contributed by atoms with Gasteiger partial charge in [0.2, 0.25) is 0 Å². The molecule has 1 aliphatic heterocycles. The Morgan fingerprint density at radius 1 is 0.938 bits per heavy atom. The molecule has 0 bridgehead atoms. The molecular weight excluding hydrogens is 428 g/mol. The van der Waals surface area contributed by atoms with Crippen LogP contribution in [-0.2, 0) is 16.3 Å². The van der Waals surface area contributed by atoms with Gasteiger partial charge in [-0.3, -0.25) is 0 Å². The quantitative estimate of drug-likeness (QED) is 0.422.